The van der Waals surface area contributed by atoms with Crippen molar-refractivity contribution in [2.24, 2.45) is 5.92 Å². The van der Waals surface area contributed by atoms with E-state index in [2.05, 4.69) is 9.88 Å². The maximum Gasteiger partial charge on any atom is 0.272 e. The molecular formula is C26H33N3O3. The minimum absolute atomic E-state index is 0.0595. The Bertz CT molecular complexity index is 977. The molecule has 1 aromatic carbocycles. The number of para-hydroxylation sites is 1. The number of likely N-dealkylation sites (tertiary alicyclic amines) is 2. The van der Waals surface area contributed by atoms with Crippen molar-refractivity contribution >= 4 is 16.8 Å². The van der Waals surface area contributed by atoms with Crippen LogP contribution in [0.4, 0.5) is 0 Å². The van der Waals surface area contributed by atoms with Gasteiger partial charge in [0.15, 0.2) is 0 Å². The molecule has 170 valence electrons. The summed E-state index contributed by atoms with van der Waals surface area (Å²) in [5, 5.41) is 1.07. The Balaban J connectivity index is 1.10. The van der Waals surface area contributed by atoms with E-state index in [1.54, 1.807) is 0 Å². The van der Waals surface area contributed by atoms with Crippen molar-refractivity contribution in [3.05, 3.63) is 42.1 Å². The third-order valence-electron chi connectivity index (χ3n) is 8.13. The number of hydrogen-bond acceptors (Lipinski definition) is 5. The highest BCUT2D eigenvalue weighted by Crippen LogP contribution is 2.45. The maximum absolute atomic E-state index is 13.1. The van der Waals surface area contributed by atoms with Gasteiger partial charge in [-0.05, 0) is 56.6 Å². The number of carbonyl (C=O) groups excluding carboxylic acids is 1. The van der Waals surface area contributed by atoms with Gasteiger partial charge in [-0.2, -0.15) is 0 Å². The van der Waals surface area contributed by atoms with Crippen LogP contribution in [0.15, 0.2) is 36.4 Å². The minimum atomic E-state index is 0.0595. The molecule has 0 radical (unpaired) electrons. The largest absolute Gasteiger partial charge is 0.381 e. The van der Waals surface area contributed by atoms with Crippen molar-refractivity contribution in [2.45, 2.75) is 56.2 Å². The molecule has 4 fully saturated rings. The van der Waals surface area contributed by atoms with Gasteiger partial charge in [-0.15, -0.1) is 0 Å². The van der Waals surface area contributed by atoms with Crippen LogP contribution in [0.1, 0.15) is 49.0 Å². The lowest BCUT2D eigenvalue weighted by molar-refractivity contribution is -0.217. The summed E-state index contributed by atoms with van der Waals surface area (Å²) in [7, 11) is 0. The lowest BCUT2D eigenvalue weighted by Crippen LogP contribution is -2.76. The summed E-state index contributed by atoms with van der Waals surface area (Å²) in [5.41, 5.74) is 1.59. The predicted octanol–water partition coefficient (Wildman–Crippen LogP) is 3.50. The molecule has 1 saturated carbocycles. The molecule has 1 atom stereocenters. The van der Waals surface area contributed by atoms with Gasteiger partial charge in [0.1, 0.15) is 5.69 Å². The van der Waals surface area contributed by atoms with E-state index >= 15 is 0 Å². The second-order valence-electron chi connectivity index (χ2n) is 10.0. The van der Waals surface area contributed by atoms with Crippen molar-refractivity contribution in [2.75, 3.05) is 39.5 Å². The average molecular weight is 436 g/mol. The van der Waals surface area contributed by atoms with Crippen molar-refractivity contribution in [1.29, 1.82) is 0 Å². The zero-order valence-electron chi connectivity index (χ0n) is 18.7. The third kappa shape index (κ3) is 3.72. The number of carbonyl (C=O) groups is 1. The molecule has 32 heavy (non-hydrogen) atoms. The first-order valence-electron chi connectivity index (χ1n) is 12.3. The van der Waals surface area contributed by atoms with Crippen LogP contribution in [0.2, 0.25) is 0 Å². The summed E-state index contributed by atoms with van der Waals surface area (Å²) < 4.78 is 12.1. The summed E-state index contributed by atoms with van der Waals surface area (Å²) in [4.78, 5) is 22.4. The number of amides is 1. The Hall–Kier alpha value is -2.02. The van der Waals surface area contributed by atoms with E-state index in [0.717, 1.165) is 82.0 Å². The SMILES string of the molecule is O=C(c1ccc2ccccc2n1)N1CCC(N2CC(OCC3CC3)C23CCOCC3)CC1. The number of nitrogens with zero attached hydrogens (tertiary/aromatic N) is 3. The van der Waals surface area contributed by atoms with Gasteiger partial charge in [-0.25, -0.2) is 4.98 Å². The van der Waals surface area contributed by atoms with Gasteiger partial charge in [0.05, 0.1) is 17.2 Å². The van der Waals surface area contributed by atoms with E-state index in [0.29, 0.717) is 17.8 Å². The van der Waals surface area contributed by atoms with E-state index < -0.39 is 0 Å². The van der Waals surface area contributed by atoms with Gasteiger partial charge >= 0.3 is 0 Å². The first kappa shape index (κ1) is 20.6. The molecule has 6 rings (SSSR count). The quantitative estimate of drug-likeness (QED) is 0.720. The summed E-state index contributed by atoms with van der Waals surface area (Å²) >= 11 is 0. The maximum atomic E-state index is 13.1. The third-order valence-corrected chi connectivity index (χ3v) is 8.13. The fraction of sp³-hybridized carbons (Fsp3) is 0.615. The van der Waals surface area contributed by atoms with Gasteiger partial charge in [-0.1, -0.05) is 24.3 Å². The molecule has 4 aliphatic rings. The number of rotatable bonds is 5. The zero-order chi connectivity index (χ0) is 21.5. The van der Waals surface area contributed by atoms with Crippen molar-refractivity contribution in [3.63, 3.8) is 0 Å². The molecule has 0 bridgehead atoms. The van der Waals surface area contributed by atoms with Gasteiger partial charge in [0.25, 0.3) is 5.91 Å². The number of benzene rings is 1. The van der Waals surface area contributed by atoms with Crippen LogP contribution in [-0.2, 0) is 9.47 Å². The van der Waals surface area contributed by atoms with Gasteiger partial charge < -0.3 is 14.4 Å². The fourth-order valence-electron chi connectivity index (χ4n) is 5.92. The van der Waals surface area contributed by atoms with E-state index in [-0.39, 0.29) is 11.4 Å². The van der Waals surface area contributed by atoms with Crippen LogP contribution in [0, 0.1) is 5.92 Å². The molecule has 1 aromatic heterocycles. The standard InChI is InChI=1S/C26H33N3O3/c30-25(23-8-7-20-3-1-2-4-22(20)27-23)28-13-9-21(10-14-28)29-17-24(32-18-19-5-6-19)26(29)11-15-31-16-12-26/h1-4,7-8,19,21,24H,5-6,9-18H2. The predicted molar refractivity (Wildman–Crippen MR) is 123 cm³/mol. The number of aromatic nitrogens is 1. The Kier molecular flexibility index (Phi) is 5.40. The molecule has 3 aliphatic heterocycles. The van der Waals surface area contributed by atoms with E-state index in [9.17, 15) is 4.79 Å². The van der Waals surface area contributed by atoms with E-state index in [1.807, 2.05) is 41.3 Å². The second kappa shape index (κ2) is 8.40. The second-order valence-corrected chi connectivity index (χ2v) is 10.0. The molecular weight excluding hydrogens is 402 g/mol. The summed E-state index contributed by atoms with van der Waals surface area (Å²) in [6.07, 6.45) is 7.23. The summed E-state index contributed by atoms with van der Waals surface area (Å²) in [5.74, 6) is 0.864. The highest BCUT2D eigenvalue weighted by atomic mass is 16.5. The van der Waals surface area contributed by atoms with Crippen LogP contribution in [0.3, 0.4) is 0 Å². The van der Waals surface area contributed by atoms with Crippen LogP contribution in [0.25, 0.3) is 10.9 Å². The van der Waals surface area contributed by atoms with E-state index in [4.69, 9.17) is 9.47 Å². The number of piperidine rings is 1. The molecule has 1 aliphatic carbocycles. The monoisotopic (exact) mass is 435 g/mol. The minimum Gasteiger partial charge on any atom is -0.381 e. The lowest BCUT2D eigenvalue weighted by atomic mass is 9.73. The topological polar surface area (TPSA) is 54.9 Å². The normalized spacial score (nSPS) is 26.4. The Morgan fingerprint density at radius 1 is 1.06 bits per heavy atom. The highest BCUT2D eigenvalue weighted by Gasteiger charge is 2.57. The van der Waals surface area contributed by atoms with Crippen LogP contribution in [-0.4, -0.2) is 77.8 Å². The smallest absolute Gasteiger partial charge is 0.272 e. The van der Waals surface area contributed by atoms with E-state index in [1.165, 1.54) is 12.8 Å². The first-order chi connectivity index (χ1) is 15.7. The molecule has 1 amide bonds. The van der Waals surface area contributed by atoms with Crippen LogP contribution in [0.5, 0.6) is 0 Å². The molecule has 6 heteroatoms. The number of fused-ring (bicyclic) bond motifs is 1. The Labute approximate surface area is 189 Å². The molecule has 1 unspecified atom stereocenters. The molecule has 4 heterocycles. The number of pyridine rings is 1. The first-order valence-corrected chi connectivity index (χ1v) is 12.3. The summed E-state index contributed by atoms with van der Waals surface area (Å²) in [6.45, 7) is 5.25. The summed E-state index contributed by atoms with van der Waals surface area (Å²) in [6, 6.07) is 12.4. The van der Waals surface area contributed by atoms with Crippen molar-refractivity contribution < 1.29 is 14.3 Å². The highest BCUT2D eigenvalue weighted by molar-refractivity contribution is 5.95. The zero-order valence-corrected chi connectivity index (χ0v) is 18.7. The average Bonchev–Trinajstić information content (AvgIpc) is 3.68. The molecule has 1 spiro atoms. The Morgan fingerprint density at radius 3 is 2.62 bits per heavy atom. The Morgan fingerprint density at radius 2 is 1.84 bits per heavy atom. The number of hydrogen-bond donors (Lipinski definition) is 0. The lowest BCUT2D eigenvalue weighted by Gasteiger charge is -2.63. The fourth-order valence-corrected chi connectivity index (χ4v) is 5.92. The van der Waals surface area contributed by atoms with Crippen LogP contribution >= 0.6 is 0 Å². The van der Waals surface area contributed by atoms with Crippen molar-refractivity contribution in [3.8, 4) is 0 Å². The van der Waals surface area contributed by atoms with Gasteiger partial charge in [-0.3, -0.25) is 9.69 Å². The molecule has 2 aromatic rings. The molecule has 0 N–H and O–H groups in total. The molecule has 6 nitrogen and oxygen atoms in total. The van der Waals surface area contributed by atoms with Crippen LogP contribution < -0.4 is 0 Å². The van der Waals surface area contributed by atoms with Crippen molar-refractivity contribution in [1.82, 2.24) is 14.8 Å². The number of ether oxygens (including phenoxy) is 2. The van der Waals surface area contributed by atoms with Gasteiger partial charge in [0, 0.05) is 50.9 Å². The van der Waals surface area contributed by atoms with Gasteiger partial charge in [0.2, 0.25) is 0 Å². The molecule has 3 saturated heterocycles.